The van der Waals surface area contributed by atoms with Crippen LogP contribution < -0.4 is 14.8 Å². The Kier molecular flexibility index (Phi) is 6.09. The van der Waals surface area contributed by atoms with Crippen LogP contribution >= 0.6 is 11.6 Å². The average Bonchev–Trinajstić information content (AvgIpc) is 2.83. The van der Waals surface area contributed by atoms with Crippen LogP contribution in [0.5, 0.6) is 11.5 Å². The molecule has 148 valence electrons. The standard InChI is InChI=1S/C21H22ClNO5/c1-26-18-6-4-5-14(20(18)28-3)15-9-12(10-19(24)27-2)21(25)23-17-8-7-13(22)11-16(15)17/h4-8,11-12,15H,9-10H2,1-3H3,(H,23,25). The molecular formula is C21H22ClNO5. The highest BCUT2D eigenvalue weighted by atomic mass is 35.5. The number of esters is 1. The summed E-state index contributed by atoms with van der Waals surface area (Å²) >= 11 is 6.25. The number of halogens is 1. The molecule has 0 bridgehead atoms. The van der Waals surface area contributed by atoms with Gasteiger partial charge in [0.2, 0.25) is 5.91 Å². The second kappa shape index (κ2) is 8.52. The Bertz CT molecular complexity index is 898. The maximum absolute atomic E-state index is 12.8. The zero-order chi connectivity index (χ0) is 20.3. The summed E-state index contributed by atoms with van der Waals surface area (Å²) in [5, 5.41) is 3.48. The third-order valence-electron chi connectivity index (χ3n) is 4.99. The molecule has 0 aliphatic carbocycles. The zero-order valence-corrected chi connectivity index (χ0v) is 16.7. The van der Waals surface area contributed by atoms with Gasteiger partial charge < -0.3 is 19.5 Å². The molecule has 1 heterocycles. The van der Waals surface area contributed by atoms with Crippen LogP contribution in [0.4, 0.5) is 5.69 Å². The van der Waals surface area contributed by atoms with E-state index in [1.165, 1.54) is 7.11 Å². The van der Waals surface area contributed by atoms with E-state index in [1.807, 2.05) is 24.3 Å². The fourth-order valence-corrected chi connectivity index (χ4v) is 3.81. The third-order valence-corrected chi connectivity index (χ3v) is 5.22. The van der Waals surface area contributed by atoms with Gasteiger partial charge in [-0.3, -0.25) is 9.59 Å². The van der Waals surface area contributed by atoms with Crippen LogP contribution in [0, 0.1) is 5.92 Å². The number of amides is 1. The van der Waals surface area contributed by atoms with Crippen LogP contribution in [-0.2, 0) is 14.3 Å². The van der Waals surface area contributed by atoms with Gasteiger partial charge in [-0.05, 0) is 36.2 Å². The summed E-state index contributed by atoms with van der Waals surface area (Å²) in [6.45, 7) is 0. The predicted molar refractivity (Wildman–Crippen MR) is 106 cm³/mol. The molecule has 6 nitrogen and oxygen atoms in total. The van der Waals surface area contributed by atoms with Crippen molar-refractivity contribution in [1.29, 1.82) is 0 Å². The number of methoxy groups -OCH3 is 3. The molecule has 2 aromatic carbocycles. The molecule has 2 atom stereocenters. The Hall–Kier alpha value is -2.73. The van der Waals surface area contributed by atoms with Crippen molar-refractivity contribution < 1.29 is 23.8 Å². The molecule has 3 rings (SSSR count). The second-order valence-electron chi connectivity index (χ2n) is 6.57. The number of carbonyl (C=O) groups is 2. The summed E-state index contributed by atoms with van der Waals surface area (Å²) in [6, 6.07) is 10.9. The molecule has 0 saturated carbocycles. The number of hydrogen-bond donors (Lipinski definition) is 1. The van der Waals surface area contributed by atoms with Crippen LogP contribution in [-0.4, -0.2) is 33.2 Å². The van der Waals surface area contributed by atoms with Crippen molar-refractivity contribution in [3.8, 4) is 11.5 Å². The van der Waals surface area contributed by atoms with E-state index in [-0.39, 0.29) is 18.2 Å². The molecule has 28 heavy (non-hydrogen) atoms. The first-order chi connectivity index (χ1) is 13.5. The Morgan fingerprint density at radius 2 is 1.93 bits per heavy atom. The fourth-order valence-electron chi connectivity index (χ4n) is 3.63. The molecule has 0 radical (unpaired) electrons. The van der Waals surface area contributed by atoms with Gasteiger partial charge in [-0.2, -0.15) is 0 Å². The number of anilines is 1. The van der Waals surface area contributed by atoms with Crippen LogP contribution in [0.25, 0.3) is 0 Å². The van der Waals surface area contributed by atoms with Gasteiger partial charge in [-0.25, -0.2) is 0 Å². The van der Waals surface area contributed by atoms with Crippen molar-refractivity contribution in [2.24, 2.45) is 5.92 Å². The lowest BCUT2D eigenvalue weighted by Gasteiger charge is -2.23. The van der Waals surface area contributed by atoms with Crippen molar-refractivity contribution in [1.82, 2.24) is 0 Å². The monoisotopic (exact) mass is 403 g/mol. The summed E-state index contributed by atoms with van der Waals surface area (Å²) in [4.78, 5) is 24.6. The molecule has 0 spiro atoms. The van der Waals surface area contributed by atoms with E-state index in [1.54, 1.807) is 26.4 Å². The number of rotatable bonds is 5. The van der Waals surface area contributed by atoms with Gasteiger partial charge >= 0.3 is 5.97 Å². The first-order valence-corrected chi connectivity index (χ1v) is 9.24. The molecule has 0 aromatic heterocycles. The minimum atomic E-state index is -0.556. The highest BCUT2D eigenvalue weighted by molar-refractivity contribution is 6.30. The topological polar surface area (TPSA) is 73.9 Å². The predicted octanol–water partition coefficient (Wildman–Crippen LogP) is 4.01. The van der Waals surface area contributed by atoms with Crippen LogP contribution in [0.2, 0.25) is 5.02 Å². The zero-order valence-electron chi connectivity index (χ0n) is 16.0. The lowest BCUT2D eigenvalue weighted by Crippen LogP contribution is -2.25. The molecule has 1 aliphatic heterocycles. The van der Waals surface area contributed by atoms with Gasteiger partial charge in [0.15, 0.2) is 11.5 Å². The van der Waals surface area contributed by atoms with Crippen molar-refractivity contribution in [2.45, 2.75) is 18.8 Å². The van der Waals surface area contributed by atoms with Crippen LogP contribution in [0.15, 0.2) is 36.4 Å². The van der Waals surface area contributed by atoms with Crippen molar-refractivity contribution >= 4 is 29.2 Å². The van der Waals surface area contributed by atoms with Gasteiger partial charge in [0.1, 0.15) is 0 Å². The number of para-hydroxylation sites is 1. The van der Waals surface area contributed by atoms with Crippen LogP contribution in [0.3, 0.4) is 0 Å². The van der Waals surface area contributed by atoms with Gasteiger partial charge in [-0.1, -0.05) is 23.7 Å². The summed E-state index contributed by atoms with van der Waals surface area (Å²) in [7, 11) is 4.46. The van der Waals surface area contributed by atoms with Gasteiger partial charge in [0, 0.05) is 28.1 Å². The summed E-state index contributed by atoms with van der Waals surface area (Å²) in [5.41, 5.74) is 2.38. The first-order valence-electron chi connectivity index (χ1n) is 8.86. The quantitative estimate of drug-likeness (QED) is 0.763. The maximum Gasteiger partial charge on any atom is 0.306 e. The Morgan fingerprint density at radius 1 is 1.14 bits per heavy atom. The smallest absolute Gasteiger partial charge is 0.306 e. The molecule has 1 aliphatic rings. The Balaban J connectivity index is 2.15. The minimum Gasteiger partial charge on any atom is -0.493 e. The number of ether oxygens (including phenoxy) is 3. The summed E-state index contributed by atoms with van der Waals surface area (Å²) in [6.07, 6.45) is 0.393. The van der Waals surface area contributed by atoms with E-state index in [4.69, 9.17) is 25.8 Å². The van der Waals surface area contributed by atoms with E-state index in [9.17, 15) is 9.59 Å². The van der Waals surface area contributed by atoms with Gasteiger partial charge in [0.05, 0.1) is 27.8 Å². The Labute approximate surface area is 168 Å². The van der Waals surface area contributed by atoms with Crippen molar-refractivity contribution in [2.75, 3.05) is 26.6 Å². The minimum absolute atomic E-state index is 0.00711. The van der Waals surface area contributed by atoms with E-state index in [0.29, 0.717) is 28.6 Å². The van der Waals surface area contributed by atoms with E-state index >= 15 is 0 Å². The number of fused-ring (bicyclic) bond motifs is 1. The lowest BCUT2D eigenvalue weighted by atomic mass is 9.82. The van der Waals surface area contributed by atoms with Gasteiger partial charge in [-0.15, -0.1) is 0 Å². The second-order valence-corrected chi connectivity index (χ2v) is 7.01. The van der Waals surface area contributed by atoms with E-state index in [2.05, 4.69) is 5.32 Å². The highest BCUT2D eigenvalue weighted by Crippen LogP contribution is 2.45. The lowest BCUT2D eigenvalue weighted by molar-refractivity contribution is -0.143. The SMILES string of the molecule is COC(=O)CC1CC(c2cccc(OC)c2OC)c2cc(Cl)ccc2NC1=O. The maximum atomic E-state index is 12.8. The molecule has 1 N–H and O–H groups in total. The molecule has 1 amide bonds. The molecule has 0 fully saturated rings. The highest BCUT2D eigenvalue weighted by Gasteiger charge is 2.34. The molecule has 7 heteroatoms. The third kappa shape index (κ3) is 3.92. The largest absolute Gasteiger partial charge is 0.493 e. The van der Waals surface area contributed by atoms with E-state index < -0.39 is 11.9 Å². The Morgan fingerprint density at radius 3 is 2.61 bits per heavy atom. The fraction of sp³-hybridized carbons (Fsp3) is 0.333. The van der Waals surface area contributed by atoms with Crippen molar-refractivity contribution in [3.63, 3.8) is 0 Å². The number of carbonyl (C=O) groups excluding carboxylic acids is 2. The van der Waals surface area contributed by atoms with Crippen molar-refractivity contribution in [3.05, 3.63) is 52.5 Å². The van der Waals surface area contributed by atoms with Crippen LogP contribution in [0.1, 0.15) is 29.9 Å². The molecule has 0 saturated heterocycles. The summed E-state index contributed by atoms with van der Waals surface area (Å²) in [5.74, 6) is -0.255. The first kappa shape index (κ1) is 20.0. The van der Waals surface area contributed by atoms with Gasteiger partial charge in [0.25, 0.3) is 0 Å². The number of benzene rings is 2. The molecular weight excluding hydrogens is 382 g/mol. The van der Waals surface area contributed by atoms with E-state index in [0.717, 1.165) is 11.1 Å². The number of nitrogens with one attached hydrogen (secondary N) is 1. The average molecular weight is 404 g/mol. The molecule has 2 aromatic rings. The summed E-state index contributed by atoms with van der Waals surface area (Å²) < 4.78 is 15.8. The molecule has 2 unspecified atom stereocenters. The number of hydrogen-bond acceptors (Lipinski definition) is 5. The normalized spacial score (nSPS) is 18.5.